The average molecular weight is 599 g/mol. The van der Waals surface area contributed by atoms with Gasteiger partial charge in [-0.25, -0.2) is 13.6 Å². The fraction of sp³-hybridized carbons (Fsp3) is 0.394. The van der Waals surface area contributed by atoms with E-state index in [1.807, 2.05) is 31.2 Å². The molecule has 0 aromatic heterocycles. The van der Waals surface area contributed by atoms with Gasteiger partial charge in [0.1, 0.15) is 24.0 Å². The summed E-state index contributed by atoms with van der Waals surface area (Å²) in [6.45, 7) is 7.56. The first-order valence-electron chi connectivity index (χ1n) is 14.1. The molecule has 1 aliphatic heterocycles. The van der Waals surface area contributed by atoms with Gasteiger partial charge in [0.25, 0.3) is 0 Å². The number of allylic oxidation sites excluding steroid dienone is 6. The van der Waals surface area contributed by atoms with E-state index in [9.17, 15) is 18.4 Å². The van der Waals surface area contributed by atoms with E-state index in [0.717, 1.165) is 17.2 Å². The second-order valence-electron chi connectivity index (χ2n) is 10.3. The third kappa shape index (κ3) is 8.75. The number of aromatic carboxylic acids is 1. The summed E-state index contributed by atoms with van der Waals surface area (Å²) in [5.41, 5.74) is 0.864. The Hall–Kier alpha value is -4.02. The summed E-state index contributed by atoms with van der Waals surface area (Å²) in [5.74, 6) is -0.985. The van der Waals surface area contributed by atoms with Crippen molar-refractivity contribution in [2.45, 2.75) is 25.4 Å². The monoisotopic (exact) mass is 598 g/mol. The van der Waals surface area contributed by atoms with E-state index in [1.165, 1.54) is 23.1 Å². The van der Waals surface area contributed by atoms with Crippen LogP contribution in [-0.4, -0.2) is 81.7 Å². The predicted molar refractivity (Wildman–Crippen MR) is 162 cm³/mol. The van der Waals surface area contributed by atoms with Crippen molar-refractivity contribution in [3.63, 3.8) is 0 Å². The molecule has 1 heterocycles. The molecule has 0 saturated carbocycles. The smallest absolute Gasteiger partial charge is 0.335 e. The van der Waals surface area contributed by atoms with Crippen molar-refractivity contribution in [3.05, 3.63) is 101 Å². The van der Waals surface area contributed by atoms with Crippen LogP contribution in [0.5, 0.6) is 0 Å². The maximum Gasteiger partial charge on any atom is 0.335 e. The van der Waals surface area contributed by atoms with Crippen molar-refractivity contribution in [1.29, 1.82) is 0 Å². The highest BCUT2D eigenvalue weighted by Crippen LogP contribution is 2.33. The van der Waals surface area contributed by atoms with Crippen LogP contribution in [0, 0.1) is 11.7 Å². The summed E-state index contributed by atoms with van der Waals surface area (Å²) in [6.07, 6.45) is 14.2. The number of likely N-dealkylation sites (tertiary alicyclic amines) is 1. The molecule has 1 fully saturated rings. The van der Waals surface area contributed by atoms with Gasteiger partial charge < -0.3 is 24.2 Å². The zero-order valence-corrected chi connectivity index (χ0v) is 24.9. The average Bonchev–Trinajstić information content (AvgIpc) is 3.18. The number of anilines is 1. The van der Waals surface area contributed by atoms with E-state index in [1.54, 1.807) is 26.4 Å². The predicted octanol–water partition coefficient (Wildman–Crippen LogP) is 5.61. The number of methoxy groups -OCH3 is 2. The highest BCUT2D eigenvalue weighted by atomic mass is 19.1. The third-order valence-electron chi connectivity index (χ3n) is 7.60. The molecule has 1 aromatic rings. The number of carboxylic acids is 1. The van der Waals surface area contributed by atoms with Gasteiger partial charge in [0.15, 0.2) is 0 Å². The molecular weight excluding hydrogens is 558 g/mol. The second kappa shape index (κ2) is 16.0. The summed E-state index contributed by atoms with van der Waals surface area (Å²) >= 11 is 0. The molecule has 1 aromatic carbocycles. The zero-order chi connectivity index (χ0) is 31.4. The van der Waals surface area contributed by atoms with Crippen LogP contribution in [0.2, 0.25) is 0 Å². The molecule has 2 aliphatic rings. The maximum absolute atomic E-state index is 14.7. The Morgan fingerprint density at radius 2 is 2.00 bits per heavy atom. The molecule has 1 saturated heterocycles. The second-order valence-corrected chi connectivity index (χ2v) is 10.3. The summed E-state index contributed by atoms with van der Waals surface area (Å²) in [4.78, 5) is 26.7. The van der Waals surface area contributed by atoms with Crippen molar-refractivity contribution in [2.75, 3.05) is 58.6 Å². The lowest BCUT2D eigenvalue weighted by atomic mass is 9.90. The van der Waals surface area contributed by atoms with Crippen LogP contribution in [0.4, 0.5) is 14.5 Å². The van der Waals surface area contributed by atoms with Crippen LogP contribution in [-0.2, 0) is 19.0 Å². The quantitative estimate of drug-likeness (QED) is 0.207. The van der Waals surface area contributed by atoms with Crippen LogP contribution in [0.1, 0.15) is 30.1 Å². The summed E-state index contributed by atoms with van der Waals surface area (Å²) in [5, 5.41) is 9.13. The Labute approximate surface area is 251 Å². The Morgan fingerprint density at radius 3 is 2.56 bits per heavy atom. The first-order chi connectivity index (χ1) is 20.7. The van der Waals surface area contributed by atoms with Crippen molar-refractivity contribution in [1.82, 2.24) is 4.90 Å². The molecule has 10 heteroatoms. The molecule has 0 spiro atoms. The summed E-state index contributed by atoms with van der Waals surface area (Å²) in [6, 6.07) is 3.47. The van der Waals surface area contributed by atoms with E-state index in [0.29, 0.717) is 57.0 Å². The number of hydrogen-bond acceptors (Lipinski definition) is 6. The van der Waals surface area contributed by atoms with Crippen molar-refractivity contribution < 1.29 is 37.7 Å². The largest absolute Gasteiger partial charge is 0.497 e. The van der Waals surface area contributed by atoms with Gasteiger partial charge in [-0.2, -0.15) is 0 Å². The maximum atomic E-state index is 14.7. The third-order valence-corrected chi connectivity index (χ3v) is 7.60. The highest BCUT2D eigenvalue weighted by molar-refractivity contribution is 5.88. The molecule has 1 N–H and O–H groups in total. The number of piperidine rings is 1. The number of carbonyl (C=O) groups excluding carboxylic acids is 1. The number of ether oxygens (including phenoxy) is 3. The molecular formula is C33H40F2N2O6. The number of rotatable bonds is 15. The number of halogens is 2. The van der Waals surface area contributed by atoms with E-state index in [-0.39, 0.29) is 23.7 Å². The summed E-state index contributed by atoms with van der Waals surface area (Å²) < 4.78 is 45.3. The topological polar surface area (TPSA) is 88.5 Å². The normalized spacial score (nSPS) is 19.1. The Balaban J connectivity index is 1.78. The Morgan fingerprint density at radius 1 is 1.26 bits per heavy atom. The number of alkyl halides is 1. The van der Waals surface area contributed by atoms with Gasteiger partial charge in [-0.1, -0.05) is 30.9 Å². The molecule has 0 radical (unpaired) electrons. The van der Waals surface area contributed by atoms with Gasteiger partial charge in [-0.3, -0.25) is 9.69 Å². The van der Waals surface area contributed by atoms with Gasteiger partial charge in [0.05, 0.1) is 43.0 Å². The molecule has 232 valence electrons. The van der Waals surface area contributed by atoms with Crippen LogP contribution in [0.25, 0.3) is 0 Å². The SMILES string of the molecule is C=C/C=C(\C=C/CF)C1C=C(OC)C=C(CN2CCC(CN(C=O)c3ccc(C(=O)O)cc3F)(OC)CC2)C=C1OCC. The number of carboxylic acid groups (broad SMARTS) is 1. The minimum Gasteiger partial charge on any atom is -0.497 e. The van der Waals surface area contributed by atoms with Gasteiger partial charge in [0, 0.05) is 26.7 Å². The van der Waals surface area contributed by atoms with Gasteiger partial charge >= 0.3 is 5.97 Å². The number of hydrogen-bond donors (Lipinski definition) is 1. The first-order valence-corrected chi connectivity index (χ1v) is 14.1. The molecule has 1 atom stereocenters. The zero-order valence-electron chi connectivity index (χ0n) is 24.9. The van der Waals surface area contributed by atoms with Crippen LogP contribution in [0.15, 0.2) is 90.0 Å². The number of carbonyl (C=O) groups is 2. The van der Waals surface area contributed by atoms with Crippen molar-refractivity contribution >= 4 is 18.1 Å². The molecule has 1 aliphatic carbocycles. The Bertz CT molecular complexity index is 1310. The van der Waals surface area contributed by atoms with Gasteiger partial charge in [-0.05, 0) is 67.3 Å². The number of amides is 1. The van der Waals surface area contributed by atoms with E-state index < -0.39 is 24.1 Å². The summed E-state index contributed by atoms with van der Waals surface area (Å²) in [7, 11) is 3.18. The van der Waals surface area contributed by atoms with E-state index in [2.05, 4.69) is 11.5 Å². The lowest BCUT2D eigenvalue weighted by molar-refractivity contribution is -0.109. The molecule has 8 nitrogen and oxygen atoms in total. The van der Waals surface area contributed by atoms with Crippen LogP contribution < -0.4 is 4.90 Å². The van der Waals surface area contributed by atoms with Crippen molar-refractivity contribution in [3.8, 4) is 0 Å². The number of benzene rings is 1. The molecule has 0 bridgehead atoms. The van der Waals surface area contributed by atoms with Gasteiger partial charge in [-0.15, -0.1) is 0 Å². The van der Waals surface area contributed by atoms with E-state index >= 15 is 0 Å². The molecule has 43 heavy (non-hydrogen) atoms. The van der Waals surface area contributed by atoms with Crippen LogP contribution in [0.3, 0.4) is 0 Å². The first kappa shape index (κ1) is 33.5. The minimum atomic E-state index is -1.25. The van der Waals surface area contributed by atoms with Crippen molar-refractivity contribution in [2.24, 2.45) is 5.92 Å². The minimum absolute atomic E-state index is 0.00396. The Kier molecular flexibility index (Phi) is 12.5. The molecule has 1 amide bonds. The lowest BCUT2D eigenvalue weighted by Crippen LogP contribution is -2.52. The lowest BCUT2D eigenvalue weighted by Gasteiger charge is -2.42. The fourth-order valence-electron chi connectivity index (χ4n) is 5.31. The number of nitrogens with zero attached hydrogens (tertiary/aromatic N) is 2. The highest BCUT2D eigenvalue weighted by Gasteiger charge is 2.37. The molecule has 3 rings (SSSR count). The molecule has 1 unspecified atom stereocenters. The van der Waals surface area contributed by atoms with Crippen LogP contribution >= 0.6 is 0 Å². The standard InChI is InChI=1S/C33H40F2N2O6/c1-5-8-25(9-7-14-34)28-20-27(41-3)17-24(18-31(28)43-6-2)21-36-15-12-33(42-4,13-16-36)22-37(23-38)30-11-10-26(32(39)40)19-29(30)35/h5,7-11,17-20,23,28H,1,6,12-16,21-22H2,2-4H3,(H,39,40)/b9-7-,25-8+. The van der Waals surface area contributed by atoms with E-state index in [4.69, 9.17) is 19.3 Å². The fourth-order valence-corrected chi connectivity index (χ4v) is 5.31. The van der Waals surface area contributed by atoms with Gasteiger partial charge in [0.2, 0.25) is 6.41 Å².